The quantitative estimate of drug-likeness (QED) is 0.651. The molecule has 0 aromatic heterocycles. The van der Waals surface area contributed by atoms with Gasteiger partial charge in [-0.05, 0) is 37.1 Å². The maximum Gasteiger partial charge on any atom is 0.240 e. The third-order valence-corrected chi connectivity index (χ3v) is 4.35. The number of anilines is 1. The Hall–Kier alpha value is -1.11. The number of sulfonamides is 1. The summed E-state index contributed by atoms with van der Waals surface area (Å²) in [6.45, 7) is 4.84. The molecule has 5 nitrogen and oxygen atoms in total. The minimum Gasteiger partial charge on any atom is -0.391 e. The zero-order valence-electron chi connectivity index (χ0n) is 12.1. The van der Waals surface area contributed by atoms with Crippen molar-refractivity contribution >= 4 is 15.7 Å². The summed E-state index contributed by atoms with van der Waals surface area (Å²) in [4.78, 5) is 0.255. The average molecular weight is 300 g/mol. The normalized spacial score (nSPS) is 13.2. The van der Waals surface area contributed by atoms with Crippen molar-refractivity contribution in [2.45, 2.75) is 44.1 Å². The third-order valence-electron chi connectivity index (χ3n) is 2.87. The molecule has 1 atom stereocenters. The van der Waals surface area contributed by atoms with Crippen LogP contribution in [0.4, 0.5) is 5.69 Å². The van der Waals surface area contributed by atoms with Crippen molar-refractivity contribution in [1.82, 2.24) is 4.72 Å². The number of rotatable bonds is 9. The molecular formula is C14H24N2O3S. The van der Waals surface area contributed by atoms with Gasteiger partial charge in [-0.3, -0.25) is 0 Å². The summed E-state index contributed by atoms with van der Waals surface area (Å²) in [5.74, 6) is 0. The molecule has 1 aromatic carbocycles. The summed E-state index contributed by atoms with van der Waals surface area (Å²) >= 11 is 0. The molecule has 0 saturated heterocycles. The molecule has 0 aliphatic heterocycles. The van der Waals surface area contributed by atoms with Gasteiger partial charge in [0.15, 0.2) is 0 Å². The van der Waals surface area contributed by atoms with Crippen molar-refractivity contribution in [3.8, 4) is 0 Å². The summed E-state index contributed by atoms with van der Waals surface area (Å²) in [6.07, 6.45) is 2.06. The fourth-order valence-electron chi connectivity index (χ4n) is 1.74. The van der Waals surface area contributed by atoms with Gasteiger partial charge in [-0.2, -0.15) is 0 Å². The van der Waals surface area contributed by atoms with Crippen LogP contribution in [0, 0.1) is 0 Å². The number of hydrogen-bond donors (Lipinski definition) is 3. The Balaban J connectivity index is 2.60. The molecule has 1 rings (SSSR count). The van der Waals surface area contributed by atoms with Gasteiger partial charge in [0.05, 0.1) is 11.0 Å². The van der Waals surface area contributed by atoms with E-state index in [4.69, 9.17) is 0 Å². The van der Waals surface area contributed by atoms with Gasteiger partial charge in [0.25, 0.3) is 0 Å². The van der Waals surface area contributed by atoms with Gasteiger partial charge in [0, 0.05) is 18.8 Å². The van der Waals surface area contributed by atoms with E-state index in [1.165, 1.54) is 0 Å². The molecule has 0 aliphatic carbocycles. The van der Waals surface area contributed by atoms with Crippen LogP contribution < -0.4 is 10.0 Å². The maximum absolute atomic E-state index is 11.9. The number of aliphatic hydroxyl groups is 1. The van der Waals surface area contributed by atoms with Crippen molar-refractivity contribution in [2.75, 3.05) is 18.4 Å². The minimum atomic E-state index is -3.41. The molecule has 3 N–H and O–H groups in total. The van der Waals surface area contributed by atoms with Crippen molar-refractivity contribution in [3.05, 3.63) is 24.3 Å². The van der Waals surface area contributed by atoms with Crippen LogP contribution in [0.15, 0.2) is 29.2 Å². The highest BCUT2D eigenvalue weighted by Gasteiger charge is 2.12. The fourth-order valence-corrected chi connectivity index (χ4v) is 2.88. The maximum atomic E-state index is 11.9. The van der Waals surface area contributed by atoms with Crippen LogP contribution in [-0.4, -0.2) is 32.7 Å². The standard InChI is InChI=1S/C14H24N2O3S/c1-3-5-13(17)11-15-12-6-8-14(9-7-12)20(18,19)16-10-4-2/h6-9,13,15-17H,3-5,10-11H2,1-2H3. The Morgan fingerprint density at radius 1 is 1.15 bits per heavy atom. The van der Waals surface area contributed by atoms with Gasteiger partial charge in [-0.25, -0.2) is 13.1 Å². The molecule has 20 heavy (non-hydrogen) atoms. The largest absolute Gasteiger partial charge is 0.391 e. The first-order valence-corrected chi connectivity index (χ1v) is 8.49. The summed E-state index contributed by atoms with van der Waals surface area (Å²) < 4.78 is 26.3. The first-order valence-electron chi connectivity index (χ1n) is 7.01. The molecule has 0 aliphatic rings. The van der Waals surface area contributed by atoms with E-state index >= 15 is 0 Å². The second kappa shape index (κ2) is 8.24. The zero-order valence-corrected chi connectivity index (χ0v) is 12.9. The van der Waals surface area contributed by atoms with Crippen LogP contribution in [-0.2, 0) is 10.0 Å². The van der Waals surface area contributed by atoms with Gasteiger partial charge in [0.2, 0.25) is 10.0 Å². The lowest BCUT2D eigenvalue weighted by Gasteiger charge is -2.12. The fraction of sp³-hybridized carbons (Fsp3) is 0.571. The number of hydrogen-bond acceptors (Lipinski definition) is 4. The van der Waals surface area contributed by atoms with E-state index in [-0.39, 0.29) is 11.0 Å². The highest BCUT2D eigenvalue weighted by atomic mass is 32.2. The van der Waals surface area contributed by atoms with Gasteiger partial charge in [-0.1, -0.05) is 20.3 Å². The van der Waals surface area contributed by atoms with E-state index in [0.717, 1.165) is 24.9 Å². The van der Waals surface area contributed by atoms with E-state index in [1.807, 2.05) is 13.8 Å². The lowest BCUT2D eigenvalue weighted by atomic mass is 10.2. The Labute approximate surface area is 121 Å². The van der Waals surface area contributed by atoms with Crippen LogP contribution in [0.1, 0.15) is 33.1 Å². The number of nitrogens with one attached hydrogen (secondary N) is 2. The first-order chi connectivity index (χ1) is 9.49. The molecular weight excluding hydrogens is 276 g/mol. The number of aliphatic hydroxyl groups excluding tert-OH is 1. The number of benzene rings is 1. The van der Waals surface area contributed by atoms with Gasteiger partial charge in [-0.15, -0.1) is 0 Å². The molecule has 0 heterocycles. The second-order valence-corrected chi connectivity index (χ2v) is 6.51. The molecule has 0 spiro atoms. The molecule has 0 saturated carbocycles. The van der Waals surface area contributed by atoms with Crippen molar-refractivity contribution in [3.63, 3.8) is 0 Å². The van der Waals surface area contributed by atoms with E-state index < -0.39 is 10.0 Å². The Bertz CT molecular complexity index is 486. The predicted molar refractivity (Wildman–Crippen MR) is 81.3 cm³/mol. The Morgan fingerprint density at radius 2 is 1.80 bits per heavy atom. The molecule has 0 radical (unpaired) electrons. The SMILES string of the molecule is CCCNS(=O)(=O)c1ccc(NCC(O)CCC)cc1. The minimum absolute atomic E-state index is 0.255. The van der Waals surface area contributed by atoms with E-state index in [9.17, 15) is 13.5 Å². The van der Waals surface area contributed by atoms with Crippen molar-refractivity contribution < 1.29 is 13.5 Å². The van der Waals surface area contributed by atoms with Crippen LogP contribution in [0.25, 0.3) is 0 Å². The van der Waals surface area contributed by atoms with E-state index in [0.29, 0.717) is 13.1 Å². The molecule has 0 bridgehead atoms. The molecule has 1 aromatic rings. The second-order valence-electron chi connectivity index (χ2n) is 4.75. The molecule has 0 amide bonds. The topological polar surface area (TPSA) is 78.4 Å². The third kappa shape index (κ3) is 5.48. The van der Waals surface area contributed by atoms with E-state index in [2.05, 4.69) is 10.0 Å². The highest BCUT2D eigenvalue weighted by molar-refractivity contribution is 7.89. The van der Waals surface area contributed by atoms with Crippen LogP contribution in [0.5, 0.6) is 0 Å². The zero-order chi connectivity index (χ0) is 15.0. The molecule has 0 fully saturated rings. The van der Waals surface area contributed by atoms with E-state index in [1.54, 1.807) is 24.3 Å². The van der Waals surface area contributed by atoms with Crippen LogP contribution in [0.2, 0.25) is 0 Å². The van der Waals surface area contributed by atoms with Gasteiger partial charge in [0.1, 0.15) is 0 Å². The lowest BCUT2D eigenvalue weighted by molar-refractivity contribution is 0.176. The Morgan fingerprint density at radius 3 is 2.35 bits per heavy atom. The molecule has 1 unspecified atom stereocenters. The predicted octanol–water partition coefficient (Wildman–Crippen LogP) is 1.95. The van der Waals surface area contributed by atoms with Crippen LogP contribution >= 0.6 is 0 Å². The van der Waals surface area contributed by atoms with Crippen LogP contribution in [0.3, 0.4) is 0 Å². The summed E-state index contributed by atoms with van der Waals surface area (Å²) in [6, 6.07) is 6.54. The molecule has 114 valence electrons. The van der Waals surface area contributed by atoms with Crippen molar-refractivity contribution in [2.24, 2.45) is 0 Å². The summed E-state index contributed by atoms with van der Waals surface area (Å²) in [7, 11) is -3.41. The Kier molecular flexibility index (Phi) is 6.98. The monoisotopic (exact) mass is 300 g/mol. The lowest BCUT2D eigenvalue weighted by Crippen LogP contribution is -2.24. The first kappa shape index (κ1) is 16.9. The highest BCUT2D eigenvalue weighted by Crippen LogP contribution is 2.14. The molecule has 6 heteroatoms. The van der Waals surface area contributed by atoms with Crippen molar-refractivity contribution in [1.29, 1.82) is 0 Å². The summed E-state index contributed by atoms with van der Waals surface area (Å²) in [5, 5.41) is 12.7. The van der Waals surface area contributed by atoms with Gasteiger partial charge >= 0.3 is 0 Å². The van der Waals surface area contributed by atoms with Gasteiger partial charge < -0.3 is 10.4 Å². The smallest absolute Gasteiger partial charge is 0.240 e. The summed E-state index contributed by atoms with van der Waals surface area (Å²) in [5.41, 5.74) is 0.801. The average Bonchev–Trinajstić information content (AvgIpc) is 2.44.